The van der Waals surface area contributed by atoms with Crippen LogP contribution < -0.4 is 9.92 Å². The summed E-state index contributed by atoms with van der Waals surface area (Å²) in [6.45, 7) is 0. The summed E-state index contributed by atoms with van der Waals surface area (Å²) >= 11 is 0. The molecule has 96 valence electrons. The van der Waals surface area contributed by atoms with E-state index in [9.17, 15) is 13.2 Å². The minimum atomic E-state index is -3.70. The molecular formula is C9H12ClNO5S. The molecule has 6 nitrogen and oxygen atoms in total. The molecule has 2 N–H and O–H groups in total. The van der Waals surface area contributed by atoms with Gasteiger partial charge in [0.05, 0.1) is 13.4 Å². The Morgan fingerprint density at radius 2 is 1.94 bits per heavy atom. The predicted octanol–water partition coefficient (Wildman–Crippen LogP) is 0.816. The fourth-order valence-corrected chi connectivity index (χ4v) is 1.52. The van der Waals surface area contributed by atoms with Gasteiger partial charge in [0.25, 0.3) is 0 Å². The molecule has 0 aromatic heterocycles. The van der Waals surface area contributed by atoms with Crippen LogP contribution in [0.25, 0.3) is 0 Å². The molecule has 0 saturated carbocycles. The molecule has 0 unspecified atom stereocenters. The molecule has 0 heterocycles. The highest BCUT2D eigenvalue weighted by molar-refractivity contribution is 7.86. The standard InChI is InChI=1S/C9H11NO5S.ClH/c1-14-9(11)7-5-6(10)3-4-8(7)15-16(2,12)13;/h3-5H,10H2,1-2H3;1H. The van der Waals surface area contributed by atoms with E-state index in [0.29, 0.717) is 5.69 Å². The molecule has 0 aliphatic carbocycles. The van der Waals surface area contributed by atoms with Crippen molar-refractivity contribution in [2.24, 2.45) is 0 Å². The van der Waals surface area contributed by atoms with Crippen LogP contribution in [0.5, 0.6) is 5.75 Å². The van der Waals surface area contributed by atoms with E-state index < -0.39 is 16.1 Å². The van der Waals surface area contributed by atoms with Crippen molar-refractivity contribution in [3.05, 3.63) is 23.8 Å². The second kappa shape index (κ2) is 5.74. The number of anilines is 1. The normalized spacial score (nSPS) is 10.2. The van der Waals surface area contributed by atoms with Crippen molar-refractivity contribution >= 4 is 34.2 Å². The summed E-state index contributed by atoms with van der Waals surface area (Å²) in [4.78, 5) is 11.3. The molecule has 1 aromatic carbocycles. The van der Waals surface area contributed by atoms with Gasteiger partial charge in [0.15, 0.2) is 5.75 Å². The van der Waals surface area contributed by atoms with Crippen LogP contribution in [0.1, 0.15) is 10.4 Å². The molecule has 0 radical (unpaired) electrons. The molecule has 1 aromatic rings. The highest BCUT2D eigenvalue weighted by atomic mass is 35.5. The largest absolute Gasteiger partial charge is 0.465 e. The summed E-state index contributed by atoms with van der Waals surface area (Å²) in [7, 11) is -2.53. The first-order chi connectivity index (χ1) is 7.33. The van der Waals surface area contributed by atoms with Crippen molar-refractivity contribution in [1.29, 1.82) is 0 Å². The van der Waals surface area contributed by atoms with Crippen LogP contribution in [0.2, 0.25) is 0 Å². The minimum Gasteiger partial charge on any atom is -0.465 e. The lowest BCUT2D eigenvalue weighted by Crippen LogP contribution is -2.11. The smallest absolute Gasteiger partial charge is 0.341 e. The summed E-state index contributed by atoms with van der Waals surface area (Å²) in [5.74, 6) is -0.825. The summed E-state index contributed by atoms with van der Waals surface area (Å²) in [5.41, 5.74) is 5.74. The zero-order chi connectivity index (χ0) is 12.3. The Labute approximate surface area is 105 Å². The average Bonchev–Trinajstić information content (AvgIpc) is 2.17. The lowest BCUT2D eigenvalue weighted by molar-refractivity contribution is 0.0599. The topological polar surface area (TPSA) is 95.7 Å². The van der Waals surface area contributed by atoms with Gasteiger partial charge in [-0.3, -0.25) is 0 Å². The Balaban J connectivity index is 0.00000256. The van der Waals surface area contributed by atoms with Crippen molar-refractivity contribution in [2.75, 3.05) is 19.1 Å². The van der Waals surface area contributed by atoms with Crippen molar-refractivity contribution in [1.82, 2.24) is 0 Å². The summed E-state index contributed by atoms with van der Waals surface area (Å²) in [6.07, 6.45) is 0.879. The predicted molar refractivity (Wildman–Crippen MR) is 64.9 cm³/mol. The second-order valence-corrected chi connectivity index (χ2v) is 4.61. The van der Waals surface area contributed by atoms with Gasteiger partial charge in [-0.05, 0) is 18.2 Å². The van der Waals surface area contributed by atoms with Crippen molar-refractivity contribution in [2.45, 2.75) is 0 Å². The first kappa shape index (κ1) is 15.5. The van der Waals surface area contributed by atoms with E-state index in [1.807, 2.05) is 0 Å². The van der Waals surface area contributed by atoms with E-state index in [2.05, 4.69) is 8.92 Å². The number of nitrogen functional groups attached to an aromatic ring is 1. The van der Waals surface area contributed by atoms with E-state index in [1.54, 1.807) is 0 Å². The molecule has 0 spiro atoms. The molecule has 1 rings (SSSR count). The monoisotopic (exact) mass is 281 g/mol. The number of hydrogen-bond donors (Lipinski definition) is 1. The third-order valence-electron chi connectivity index (χ3n) is 1.65. The van der Waals surface area contributed by atoms with Crippen LogP contribution in [0.15, 0.2) is 18.2 Å². The quantitative estimate of drug-likeness (QED) is 0.500. The summed E-state index contributed by atoms with van der Waals surface area (Å²) in [6, 6.07) is 4.00. The van der Waals surface area contributed by atoms with E-state index >= 15 is 0 Å². The third-order valence-corrected chi connectivity index (χ3v) is 2.13. The molecule has 0 amide bonds. The Morgan fingerprint density at radius 3 is 2.41 bits per heavy atom. The number of rotatable bonds is 3. The number of carbonyl (C=O) groups is 1. The Hall–Kier alpha value is -1.47. The van der Waals surface area contributed by atoms with Crippen LogP contribution >= 0.6 is 12.4 Å². The number of carbonyl (C=O) groups excluding carboxylic acids is 1. The maximum atomic E-state index is 11.3. The summed E-state index contributed by atoms with van der Waals surface area (Å²) in [5, 5.41) is 0. The van der Waals surface area contributed by atoms with Crippen molar-refractivity contribution in [3.8, 4) is 5.75 Å². The zero-order valence-electron chi connectivity index (χ0n) is 9.17. The number of esters is 1. The van der Waals surface area contributed by atoms with E-state index in [0.717, 1.165) is 6.26 Å². The maximum Gasteiger partial charge on any atom is 0.341 e. The first-order valence-electron chi connectivity index (χ1n) is 4.21. The van der Waals surface area contributed by atoms with E-state index in [1.165, 1.54) is 25.3 Å². The Kier molecular flexibility index (Phi) is 5.24. The summed E-state index contributed by atoms with van der Waals surface area (Å²) < 4.78 is 31.0. The Bertz CT molecular complexity index is 514. The highest BCUT2D eigenvalue weighted by Gasteiger charge is 2.16. The van der Waals surface area contributed by atoms with Crippen LogP contribution in [0, 0.1) is 0 Å². The number of hydrogen-bond acceptors (Lipinski definition) is 6. The third kappa shape index (κ3) is 4.49. The van der Waals surface area contributed by atoms with E-state index in [-0.39, 0.29) is 23.7 Å². The molecule has 0 aliphatic rings. The fourth-order valence-electron chi connectivity index (χ4n) is 1.05. The van der Waals surface area contributed by atoms with Crippen LogP contribution in [-0.2, 0) is 14.9 Å². The lowest BCUT2D eigenvalue weighted by Gasteiger charge is -2.08. The number of halogens is 1. The van der Waals surface area contributed by atoms with Crippen LogP contribution in [0.3, 0.4) is 0 Å². The molecule has 0 saturated heterocycles. The molecule has 17 heavy (non-hydrogen) atoms. The number of benzene rings is 1. The molecule has 8 heteroatoms. The molecule has 0 atom stereocenters. The van der Waals surface area contributed by atoms with Gasteiger partial charge in [0.2, 0.25) is 0 Å². The van der Waals surface area contributed by atoms with Gasteiger partial charge in [-0.2, -0.15) is 8.42 Å². The first-order valence-corrected chi connectivity index (χ1v) is 6.02. The Morgan fingerprint density at radius 1 is 1.35 bits per heavy atom. The fraction of sp³-hybridized carbons (Fsp3) is 0.222. The SMILES string of the molecule is COC(=O)c1cc(N)ccc1OS(C)(=O)=O.Cl. The van der Waals surface area contributed by atoms with Crippen molar-refractivity contribution < 1.29 is 22.1 Å². The molecule has 0 bridgehead atoms. The van der Waals surface area contributed by atoms with Gasteiger partial charge in [-0.1, -0.05) is 0 Å². The van der Waals surface area contributed by atoms with Crippen LogP contribution in [0.4, 0.5) is 5.69 Å². The van der Waals surface area contributed by atoms with Gasteiger partial charge in [-0.15, -0.1) is 12.4 Å². The van der Waals surface area contributed by atoms with Gasteiger partial charge in [0.1, 0.15) is 5.56 Å². The highest BCUT2D eigenvalue weighted by Crippen LogP contribution is 2.23. The molecular weight excluding hydrogens is 270 g/mol. The zero-order valence-corrected chi connectivity index (χ0v) is 10.8. The van der Waals surface area contributed by atoms with E-state index in [4.69, 9.17) is 5.73 Å². The minimum absolute atomic E-state index is 0. The lowest BCUT2D eigenvalue weighted by atomic mass is 10.2. The number of nitrogens with two attached hydrogens (primary N) is 1. The maximum absolute atomic E-state index is 11.3. The van der Waals surface area contributed by atoms with Gasteiger partial charge in [0, 0.05) is 5.69 Å². The van der Waals surface area contributed by atoms with Gasteiger partial charge in [-0.25, -0.2) is 4.79 Å². The van der Waals surface area contributed by atoms with Gasteiger partial charge >= 0.3 is 16.1 Å². The molecule has 0 fully saturated rings. The second-order valence-electron chi connectivity index (χ2n) is 3.03. The van der Waals surface area contributed by atoms with Crippen molar-refractivity contribution in [3.63, 3.8) is 0 Å². The average molecular weight is 282 g/mol. The number of ether oxygens (including phenoxy) is 1. The van der Waals surface area contributed by atoms with Crippen LogP contribution in [-0.4, -0.2) is 27.8 Å². The van der Waals surface area contributed by atoms with Gasteiger partial charge < -0.3 is 14.7 Å². The number of methoxy groups -OCH3 is 1. The molecule has 0 aliphatic heterocycles.